The summed E-state index contributed by atoms with van der Waals surface area (Å²) in [7, 11) is 3.34. The molecule has 0 bridgehead atoms. The number of ether oxygens (including phenoxy) is 1. The van der Waals surface area contributed by atoms with Crippen molar-refractivity contribution in [2.24, 2.45) is 13.0 Å². The maximum absolute atomic E-state index is 15.5. The monoisotopic (exact) mass is 535 g/mol. The summed E-state index contributed by atoms with van der Waals surface area (Å²) in [5.41, 5.74) is 2.82. The van der Waals surface area contributed by atoms with Gasteiger partial charge in [-0.15, -0.1) is 5.10 Å². The van der Waals surface area contributed by atoms with Crippen molar-refractivity contribution < 1.29 is 13.9 Å². The lowest BCUT2D eigenvalue weighted by atomic mass is 10.0. The number of hydrogen-bond acceptors (Lipinski definition) is 7. The van der Waals surface area contributed by atoms with Crippen LogP contribution in [0.1, 0.15) is 31.0 Å². The first kappa shape index (κ1) is 24.0. The average Bonchev–Trinajstić information content (AvgIpc) is 3.29. The summed E-state index contributed by atoms with van der Waals surface area (Å²) in [5, 5.41) is 33.5. The molecule has 0 N–H and O–H groups in total. The zero-order chi connectivity index (χ0) is 26.4. The molecule has 0 radical (unpaired) electrons. The standard InChI is InChI=1S/C25H23ClFN9O2/c1-33-19(7-8-29-33)16-11-30-34(12-16)21(9-15-3-4-15)22-10-23(38-2)17(13-36(22)37)24-20(35-14-28-31-32-35)6-5-18(26)25(24)27/h5-8,10-15,21H,3-4,9H2,1-2H3/t21-/m0/s1. The van der Waals surface area contributed by atoms with Gasteiger partial charge < -0.3 is 9.94 Å². The number of nitrogens with zero attached hydrogens (tertiary/aromatic N) is 9. The highest BCUT2D eigenvalue weighted by Gasteiger charge is 2.34. The van der Waals surface area contributed by atoms with Crippen LogP contribution in [0.5, 0.6) is 5.75 Å². The molecule has 1 aliphatic rings. The number of rotatable bonds is 8. The topological polar surface area (TPSA) is 115 Å². The van der Waals surface area contributed by atoms with Crippen LogP contribution in [0.25, 0.3) is 28.1 Å². The minimum Gasteiger partial charge on any atom is -0.618 e. The van der Waals surface area contributed by atoms with Crippen molar-refractivity contribution in [1.29, 1.82) is 0 Å². The molecule has 0 aliphatic heterocycles. The number of methoxy groups -OCH3 is 1. The third-order valence-corrected chi connectivity index (χ3v) is 7.13. The molecule has 1 aliphatic carbocycles. The Morgan fingerprint density at radius 2 is 2.11 bits per heavy atom. The fourth-order valence-corrected chi connectivity index (χ4v) is 4.88. The van der Waals surface area contributed by atoms with Gasteiger partial charge in [0.1, 0.15) is 18.1 Å². The van der Waals surface area contributed by atoms with Crippen molar-refractivity contribution in [3.8, 4) is 33.8 Å². The SMILES string of the molecule is COc1cc([C@H](CC2CC2)n2cc(-c3ccnn3C)cn2)[n+]([O-])cc1-c1c(-n2cnnn2)ccc(Cl)c1F. The van der Waals surface area contributed by atoms with Crippen molar-refractivity contribution in [1.82, 2.24) is 39.8 Å². The molecule has 0 unspecified atom stereocenters. The summed E-state index contributed by atoms with van der Waals surface area (Å²) in [6.07, 6.45) is 11.0. The van der Waals surface area contributed by atoms with Crippen LogP contribution in [0, 0.1) is 16.9 Å². The molecule has 0 saturated heterocycles. The second kappa shape index (κ2) is 9.53. The van der Waals surface area contributed by atoms with Crippen molar-refractivity contribution in [3.05, 3.63) is 77.1 Å². The van der Waals surface area contributed by atoms with E-state index in [4.69, 9.17) is 16.3 Å². The minimum absolute atomic E-state index is 0.0501. The van der Waals surface area contributed by atoms with Gasteiger partial charge in [0.25, 0.3) is 0 Å². The second-order valence-corrected chi connectivity index (χ2v) is 9.67. The fourth-order valence-electron chi connectivity index (χ4n) is 4.72. The van der Waals surface area contributed by atoms with Gasteiger partial charge in [-0.25, -0.2) is 4.39 Å². The molecule has 4 heterocycles. The van der Waals surface area contributed by atoms with Gasteiger partial charge in [-0.3, -0.25) is 9.36 Å². The van der Waals surface area contributed by atoms with E-state index < -0.39 is 5.82 Å². The third-order valence-electron chi connectivity index (χ3n) is 6.84. The molecule has 1 saturated carbocycles. The Labute approximate surface area is 221 Å². The zero-order valence-corrected chi connectivity index (χ0v) is 21.3. The van der Waals surface area contributed by atoms with Crippen LogP contribution in [0.2, 0.25) is 5.02 Å². The van der Waals surface area contributed by atoms with Crippen LogP contribution in [0.3, 0.4) is 0 Å². The van der Waals surface area contributed by atoms with Crippen LogP contribution >= 0.6 is 11.6 Å². The van der Waals surface area contributed by atoms with E-state index in [9.17, 15) is 5.21 Å². The Kier molecular flexibility index (Phi) is 6.03. The highest BCUT2D eigenvalue weighted by atomic mass is 35.5. The largest absolute Gasteiger partial charge is 0.618 e. The lowest BCUT2D eigenvalue weighted by Gasteiger charge is -2.20. The quantitative estimate of drug-likeness (QED) is 0.219. The summed E-state index contributed by atoms with van der Waals surface area (Å²) >= 11 is 6.13. The number of halogens is 2. The summed E-state index contributed by atoms with van der Waals surface area (Å²) in [6.45, 7) is 0. The van der Waals surface area contributed by atoms with Gasteiger partial charge >= 0.3 is 0 Å². The van der Waals surface area contributed by atoms with Crippen molar-refractivity contribution >= 4 is 11.6 Å². The van der Waals surface area contributed by atoms with E-state index >= 15 is 4.39 Å². The fraction of sp³-hybridized carbons (Fsp3) is 0.280. The average molecular weight is 536 g/mol. The molecular weight excluding hydrogens is 513 g/mol. The first-order valence-electron chi connectivity index (χ1n) is 12.0. The van der Waals surface area contributed by atoms with E-state index in [1.54, 1.807) is 33.9 Å². The molecule has 6 rings (SSSR count). The van der Waals surface area contributed by atoms with Crippen LogP contribution < -0.4 is 9.47 Å². The first-order valence-corrected chi connectivity index (χ1v) is 12.4. The number of benzene rings is 1. The zero-order valence-electron chi connectivity index (χ0n) is 20.6. The number of pyridine rings is 1. The smallest absolute Gasteiger partial charge is 0.221 e. The third kappa shape index (κ3) is 4.26. The molecule has 0 amide bonds. The molecule has 38 heavy (non-hydrogen) atoms. The van der Waals surface area contributed by atoms with E-state index in [0.717, 1.165) is 35.3 Å². The van der Waals surface area contributed by atoms with E-state index in [1.165, 1.54) is 30.4 Å². The number of hydrogen-bond donors (Lipinski definition) is 0. The molecule has 0 spiro atoms. The minimum atomic E-state index is -0.715. The molecule has 13 heteroatoms. The van der Waals surface area contributed by atoms with Gasteiger partial charge in [0.2, 0.25) is 5.69 Å². The predicted molar refractivity (Wildman–Crippen MR) is 135 cm³/mol. The predicted octanol–water partition coefficient (Wildman–Crippen LogP) is 3.75. The molecule has 5 aromatic rings. The van der Waals surface area contributed by atoms with Gasteiger partial charge in [-0.2, -0.15) is 19.6 Å². The lowest BCUT2D eigenvalue weighted by molar-refractivity contribution is -0.615. The van der Waals surface area contributed by atoms with Gasteiger partial charge in [-0.1, -0.05) is 24.4 Å². The van der Waals surface area contributed by atoms with Crippen LogP contribution in [-0.4, -0.2) is 46.9 Å². The number of aryl methyl sites for hydroxylation is 1. The Morgan fingerprint density at radius 3 is 2.79 bits per heavy atom. The summed E-state index contributed by atoms with van der Waals surface area (Å²) in [6, 6.07) is 6.19. The van der Waals surface area contributed by atoms with Gasteiger partial charge in [0.15, 0.2) is 12.0 Å². The second-order valence-electron chi connectivity index (χ2n) is 9.26. The van der Waals surface area contributed by atoms with E-state index in [-0.39, 0.29) is 22.2 Å². The molecular formula is C25H23ClFN9O2. The lowest BCUT2D eigenvalue weighted by Crippen LogP contribution is -2.36. The molecule has 4 aromatic heterocycles. The molecule has 1 aromatic carbocycles. The maximum atomic E-state index is 15.5. The van der Waals surface area contributed by atoms with Gasteiger partial charge in [-0.05, 0) is 41.0 Å². The molecule has 11 nitrogen and oxygen atoms in total. The Bertz CT molecular complexity index is 1610. The highest BCUT2D eigenvalue weighted by molar-refractivity contribution is 6.31. The highest BCUT2D eigenvalue weighted by Crippen LogP contribution is 2.42. The van der Waals surface area contributed by atoms with Crippen LogP contribution in [0.4, 0.5) is 4.39 Å². The van der Waals surface area contributed by atoms with Crippen molar-refractivity contribution in [2.75, 3.05) is 7.11 Å². The Morgan fingerprint density at radius 1 is 1.26 bits per heavy atom. The normalized spacial score (nSPS) is 14.1. The summed E-state index contributed by atoms with van der Waals surface area (Å²) in [5.74, 6) is 0.0855. The van der Waals surface area contributed by atoms with Crippen molar-refractivity contribution in [2.45, 2.75) is 25.3 Å². The van der Waals surface area contributed by atoms with Gasteiger partial charge in [0.05, 0.1) is 46.9 Å². The van der Waals surface area contributed by atoms with Gasteiger partial charge in [0, 0.05) is 25.0 Å². The van der Waals surface area contributed by atoms with Crippen molar-refractivity contribution in [3.63, 3.8) is 0 Å². The number of aromatic nitrogens is 9. The molecule has 194 valence electrons. The van der Waals surface area contributed by atoms with E-state index in [0.29, 0.717) is 23.0 Å². The first-order chi connectivity index (χ1) is 18.4. The van der Waals surface area contributed by atoms with E-state index in [1.807, 2.05) is 19.3 Å². The maximum Gasteiger partial charge on any atom is 0.221 e. The number of tetrazole rings is 1. The van der Waals surface area contributed by atoms with Crippen LogP contribution in [0.15, 0.2) is 55.4 Å². The van der Waals surface area contributed by atoms with E-state index in [2.05, 4.69) is 25.7 Å². The Hall–Kier alpha value is -4.32. The molecule has 1 fully saturated rings. The summed E-state index contributed by atoms with van der Waals surface area (Å²) < 4.78 is 26.8. The Balaban J connectivity index is 1.47. The summed E-state index contributed by atoms with van der Waals surface area (Å²) in [4.78, 5) is 0. The van der Waals surface area contributed by atoms with Crippen LogP contribution in [-0.2, 0) is 7.05 Å². The molecule has 1 atom stereocenters.